The van der Waals surface area contributed by atoms with E-state index in [4.69, 9.17) is 0 Å². The van der Waals surface area contributed by atoms with Gasteiger partial charge in [-0.1, -0.05) is 13.8 Å². The Bertz CT molecular complexity index is 486. The zero-order valence-corrected chi connectivity index (χ0v) is 12.3. The summed E-state index contributed by atoms with van der Waals surface area (Å²) >= 11 is 1.60. The number of hydrogen-bond acceptors (Lipinski definition) is 4. The molecular weight excluding hydrogens is 262 g/mol. The summed E-state index contributed by atoms with van der Waals surface area (Å²) in [7, 11) is 0. The number of hydrogen-bond donors (Lipinski definition) is 1. The van der Waals surface area contributed by atoms with Gasteiger partial charge in [0.05, 0.1) is 6.54 Å². The summed E-state index contributed by atoms with van der Waals surface area (Å²) in [5.41, 5.74) is 0. The van der Waals surface area contributed by atoms with Crippen LogP contribution in [0.2, 0.25) is 0 Å². The molecule has 2 atom stereocenters. The van der Waals surface area contributed by atoms with Crippen LogP contribution in [0, 0.1) is 0 Å². The molecule has 0 aliphatic carbocycles. The highest BCUT2D eigenvalue weighted by Gasteiger charge is 2.37. The highest BCUT2D eigenvalue weighted by Crippen LogP contribution is 2.19. The van der Waals surface area contributed by atoms with Gasteiger partial charge in [0, 0.05) is 11.1 Å². The molecule has 2 rings (SSSR count). The maximum atomic E-state index is 12.3. The molecule has 1 aliphatic rings. The van der Waals surface area contributed by atoms with Crippen LogP contribution in [0.1, 0.15) is 37.1 Å². The first kappa shape index (κ1) is 14.0. The monoisotopic (exact) mass is 281 g/mol. The molecule has 104 valence electrons. The Morgan fingerprint density at radius 2 is 2.16 bits per heavy atom. The second-order valence-corrected chi connectivity index (χ2v) is 5.89. The Kier molecular flexibility index (Phi) is 4.19. The van der Waals surface area contributed by atoms with Gasteiger partial charge in [-0.15, -0.1) is 11.3 Å². The minimum Gasteiger partial charge on any atom is -0.343 e. The average Bonchev–Trinajstić information content (AvgIpc) is 2.86. The molecule has 1 fully saturated rings. The van der Waals surface area contributed by atoms with E-state index in [2.05, 4.69) is 17.2 Å². The standard InChI is InChI=1S/C13H19N3O2S/c1-4-9-6-14-11(19-9)7-16-8(3)12(17)15-10(5-2)13(16)18/h6,8,10H,4-5,7H2,1-3H3,(H,15,17). The van der Waals surface area contributed by atoms with E-state index in [9.17, 15) is 9.59 Å². The normalized spacial score (nSPS) is 23.6. The topological polar surface area (TPSA) is 62.3 Å². The molecule has 2 heterocycles. The van der Waals surface area contributed by atoms with Gasteiger partial charge in [0.1, 0.15) is 17.1 Å². The number of aryl methyl sites for hydroxylation is 1. The van der Waals surface area contributed by atoms with Gasteiger partial charge in [-0.3, -0.25) is 9.59 Å². The fraction of sp³-hybridized carbons (Fsp3) is 0.615. The summed E-state index contributed by atoms with van der Waals surface area (Å²) in [6.45, 7) is 6.16. The van der Waals surface area contributed by atoms with Crippen molar-refractivity contribution in [1.29, 1.82) is 0 Å². The second-order valence-electron chi connectivity index (χ2n) is 4.69. The van der Waals surface area contributed by atoms with E-state index in [1.807, 2.05) is 13.1 Å². The van der Waals surface area contributed by atoms with E-state index in [0.29, 0.717) is 13.0 Å². The molecule has 5 nitrogen and oxygen atoms in total. The van der Waals surface area contributed by atoms with Crippen molar-refractivity contribution >= 4 is 23.2 Å². The minimum absolute atomic E-state index is 0.0113. The zero-order chi connectivity index (χ0) is 14.0. The van der Waals surface area contributed by atoms with Crippen molar-refractivity contribution in [2.45, 2.75) is 52.2 Å². The second kappa shape index (κ2) is 5.69. The van der Waals surface area contributed by atoms with Gasteiger partial charge >= 0.3 is 0 Å². The maximum absolute atomic E-state index is 12.3. The van der Waals surface area contributed by atoms with Gasteiger partial charge in [-0.05, 0) is 19.8 Å². The summed E-state index contributed by atoms with van der Waals surface area (Å²) in [6, 6.07) is -0.821. The number of carbonyl (C=O) groups excluding carboxylic acids is 2. The first-order valence-corrected chi connectivity index (χ1v) is 7.42. The van der Waals surface area contributed by atoms with Gasteiger partial charge in [-0.2, -0.15) is 0 Å². The highest BCUT2D eigenvalue weighted by molar-refractivity contribution is 7.11. The Hall–Kier alpha value is -1.43. The number of carbonyl (C=O) groups is 2. The Balaban J connectivity index is 2.15. The highest BCUT2D eigenvalue weighted by atomic mass is 32.1. The quantitative estimate of drug-likeness (QED) is 0.905. The smallest absolute Gasteiger partial charge is 0.246 e. The molecule has 1 N–H and O–H groups in total. The summed E-state index contributed by atoms with van der Waals surface area (Å²) in [4.78, 5) is 31.3. The maximum Gasteiger partial charge on any atom is 0.246 e. The number of amides is 2. The van der Waals surface area contributed by atoms with Gasteiger partial charge in [-0.25, -0.2) is 4.98 Å². The number of nitrogens with one attached hydrogen (secondary N) is 1. The molecule has 1 aliphatic heterocycles. The SMILES string of the molecule is CCc1cnc(CN2C(=O)C(CC)NC(=O)C2C)s1. The van der Waals surface area contributed by atoms with Crippen LogP contribution in [0.5, 0.6) is 0 Å². The van der Waals surface area contributed by atoms with Crippen molar-refractivity contribution in [2.75, 3.05) is 0 Å². The van der Waals surface area contributed by atoms with Gasteiger partial charge in [0.25, 0.3) is 0 Å². The van der Waals surface area contributed by atoms with Crippen LogP contribution in [-0.4, -0.2) is 33.8 Å². The molecular formula is C13H19N3O2S. The first-order valence-electron chi connectivity index (χ1n) is 6.61. The van der Waals surface area contributed by atoms with Gasteiger partial charge < -0.3 is 10.2 Å². The van der Waals surface area contributed by atoms with Crippen molar-refractivity contribution in [3.05, 3.63) is 16.1 Å². The molecule has 1 aromatic rings. The third-order valence-corrected chi connectivity index (χ3v) is 4.53. The number of rotatable bonds is 4. The summed E-state index contributed by atoms with van der Waals surface area (Å²) < 4.78 is 0. The molecule has 1 aromatic heterocycles. The van der Waals surface area contributed by atoms with Crippen LogP contribution in [0.25, 0.3) is 0 Å². The fourth-order valence-corrected chi connectivity index (χ4v) is 2.97. The van der Waals surface area contributed by atoms with Crippen LogP contribution < -0.4 is 5.32 Å². The van der Waals surface area contributed by atoms with E-state index in [1.165, 1.54) is 4.88 Å². The fourth-order valence-electron chi connectivity index (χ4n) is 2.11. The summed E-state index contributed by atoms with van der Waals surface area (Å²) in [6.07, 6.45) is 3.40. The third kappa shape index (κ3) is 2.78. The lowest BCUT2D eigenvalue weighted by molar-refractivity contribution is -0.149. The van der Waals surface area contributed by atoms with E-state index >= 15 is 0 Å². The summed E-state index contributed by atoms with van der Waals surface area (Å²) in [5, 5.41) is 3.64. The molecule has 2 unspecified atom stereocenters. The Labute approximate surface area is 117 Å². The number of nitrogens with zero attached hydrogens (tertiary/aromatic N) is 2. The van der Waals surface area contributed by atoms with E-state index in [-0.39, 0.29) is 11.8 Å². The zero-order valence-electron chi connectivity index (χ0n) is 11.5. The number of piperazine rings is 1. The summed E-state index contributed by atoms with van der Waals surface area (Å²) in [5.74, 6) is -0.0958. The van der Waals surface area contributed by atoms with Crippen molar-refractivity contribution in [3.63, 3.8) is 0 Å². The molecule has 0 bridgehead atoms. The van der Waals surface area contributed by atoms with Crippen LogP contribution in [0.15, 0.2) is 6.20 Å². The van der Waals surface area contributed by atoms with Crippen LogP contribution in [0.3, 0.4) is 0 Å². The van der Waals surface area contributed by atoms with Crippen molar-refractivity contribution in [3.8, 4) is 0 Å². The van der Waals surface area contributed by atoms with Crippen LogP contribution in [-0.2, 0) is 22.6 Å². The van der Waals surface area contributed by atoms with E-state index in [0.717, 1.165) is 11.4 Å². The molecule has 0 saturated carbocycles. The lowest BCUT2D eigenvalue weighted by atomic mass is 10.1. The molecule has 2 amide bonds. The Morgan fingerprint density at radius 1 is 1.42 bits per heavy atom. The van der Waals surface area contributed by atoms with Crippen molar-refractivity contribution in [1.82, 2.24) is 15.2 Å². The van der Waals surface area contributed by atoms with E-state index in [1.54, 1.807) is 23.2 Å². The van der Waals surface area contributed by atoms with Crippen molar-refractivity contribution in [2.24, 2.45) is 0 Å². The molecule has 0 radical (unpaired) electrons. The minimum atomic E-state index is -0.427. The van der Waals surface area contributed by atoms with Gasteiger partial charge in [0.2, 0.25) is 11.8 Å². The van der Waals surface area contributed by atoms with Gasteiger partial charge in [0.15, 0.2) is 0 Å². The third-order valence-electron chi connectivity index (χ3n) is 3.41. The van der Waals surface area contributed by atoms with Crippen LogP contribution >= 0.6 is 11.3 Å². The number of aromatic nitrogens is 1. The molecule has 1 saturated heterocycles. The predicted octanol–water partition coefficient (Wildman–Crippen LogP) is 1.33. The molecule has 0 spiro atoms. The molecule has 6 heteroatoms. The molecule has 19 heavy (non-hydrogen) atoms. The first-order chi connectivity index (χ1) is 9.06. The lowest BCUT2D eigenvalue weighted by Crippen LogP contribution is -2.61. The lowest BCUT2D eigenvalue weighted by Gasteiger charge is -2.36. The Morgan fingerprint density at radius 3 is 2.74 bits per heavy atom. The van der Waals surface area contributed by atoms with Crippen LogP contribution in [0.4, 0.5) is 0 Å². The predicted molar refractivity (Wildman–Crippen MR) is 73.7 cm³/mol. The van der Waals surface area contributed by atoms with E-state index < -0.39 is 12.1 Å². The average molecular weight is 281 g/mol. The largest absolute Gasteiger partial charge is 0.343 e. The molecule has 0 aromatic carbocycles. The number of thiazole rings is 1. The van der Waals surface area contributed by atoms with Crippen molar-refractivity contribution < 1.29 is 9.59 Å².